The van der Waals surface area contributed by atoms with Crippen molar-refractivity contribution in [2.45, 2.75) is 66.9 Å². The lowest BCUT2D eigenvalue weighted by Crippen LogP contribution is -2.44. The molecule has 0 radical (unpaired) electrons. The SMILES string of the molecule is CCC(=O)OC1=C(C(C)(C)C)CC(O)(C(C)(C)C)C=C1. The monoisotopic (exact) mass is 280 g/mol. The molecular formula is C17H28O3. The summed E-state index contributed by atoms with van der Waals surface area (Å²) in [6.07, 6.45) is 4.35. The first-order valence-corrected chi connectivity index (χ1v) is 7.26. The molecule has 0 aromatic heterocycles. The van der Waals surface area contributed by atoms with Gasteiger partial charge in [0.2, 0.25) is 0 Å². The second-order valence-electron chi connectivity index (χ2n) is 7.60. The second kappa shape index (κ2) is 5.36. The van der Waals surface area contributed by atoms with Gasteiger partial charge in [-0.3, -0.25) is 4.79 Å². The second-order valence-corrected chi connectivity index (χ2v) is 7.60. The van der Waals surface area contributed by atoms with Crippen LogP contribution in [0.5, 0.6) is 0 Å². The molecule has 114 valence electrons. The van der Waals surface area contributed by atoms with Crippen molar-refractivity contribution in [3.05, 3.63) is 23.5 Å². The van der Waals surface area contributed by atoms with Crippen molar-refractivity contribution in [1.82, 2.24) is 0 Å². The molecule has 1 atom stereocenters. The van der Waals surface area contributed by atoms with Gasteiger partial charge in [0, 0.05) is 12.8 Å². The van der Waals surface area contributed by atoms with E-state index in [-0.39, 0.29) is 16.8 Å². The molecule has 1 rings (SSSR count). The third-order valence-electron chi connectivity index (χ3n) is 3.97. The summed E-state index contributed by atoms with van der Waals surface area (Å²) in [5, 5.41) is 10.9. The molecule has 0 heterocycles. The zero-order chi connectivity index (χ0) is 15.8. The van der Waals surface area contributed by atoms with Crippen molar-refractivity contribution in [2.75, 3.05) is 0 Å². The fourth-order valence-electron chi connectivity index (χ4n) is 2.17. The number of rotatable bonds is 2. The van der Waals surface area contributed by atoms with Crippen LogP contribution in [0.2, 0.25) is 0 Å². The van der Waals surface area contributed by atoms with E-state index in [2.05, 4.69) is 20.8 Å². The van der Waals surface area contributed by atoms with Crippen LogP contribution in [0.3, 0.4) is 0 Å². The number of hydrogen-bond acceptors (Lipinski definition) is 3. The number of aliphatic hydroxyl groups is 1. The van der Waals surface area contributed by atoms with Crippen LogP contribution in [0, 0.1) is 10.8 Å². The van der Waals surface area contributed by atoms with E-state index in [9.17, 15) is 9.90 Å². The standard InChI is InChI=1S/C17H28O3/c1-8-14(18)20-13-9-10-17(19,16(5,6)7)11-12(13)15(2,3)4/h9-10,19H,8,11H2,1-7H3. The van der Waals surface area contributed by atoms with Crippen LogP contribution in [0.15, 0.2) is 23.5 Å². The lowest BCUT2D eigenvalue weighted by atomic mass is 9.67. The van der Waals surface area contributed by atoms with Crippen LogP contribution in [0.1, 0.15) is 61.3 Å². The largest absolute Gasteiger partial charge is 0.427 e. The van der Waals surface area contributed by atoms with Crippen LogP contribution in [0.4, 0.5) is 0 Å². The van der Waals surface area contributed by atoms with Crippen LogP contribution in [-0.2, 0) is 9.53 Å². The van der Waals surface area contributed by atoms with E-state index in [4.69, 9.17) is 4.74 Å². The quantitative estimate of drug-likeness (QED) is 0.778. The topological polar surface area (TPSA) is 46.5 Å². The van der Waals surface area contributed by atoms with Gasteiger partial charge in [-0.2, -0.15) is 0 Å². The fourth-order valence-corrected chi connectivity index (χ4v) is 2.17. The maximum absolute atomic E-state index is 11.6. The molecule has 1 N–H and O–H groups in total. The van der Waals surface area contributed by atoms with Crippen molar-refractivity contribution in [3.63, 3.8) is 0 Å². The minimum absolute atomic E-state index is 0.159. The lowest BCUT2D eigenvalue weighted by Gasteiger charge is -2.43. The van der Waals surface area contributed by atoms with Gasteiger partial charge in [0.25, 0.3) is 0 Å². The predicted molar refractivity (Wildman–Crippen MR) is 81.0 cm³/mol. The minimum atomic E-state index is -0.919. The smallest absolute Gasteiger partial charge is 0.310 e. The van der Waals surface area contributed by atoms with Gasteiger partial charge in [-0.15, -0.1) is 0 Å². The van der Waals surface area contributed by atoms with Gasteiger partial charge in [-0.1, -0.05) is 48.5 Å². The van der Waals surface area contributed by atoms with Crippen LogP contribution >= 0.6 is 0 Å². The first kappa shape index (κ1) is 17.0. The van der Waals surface area contributed by atoms with Gasteiger partial charge in [0.1, 0.15) is 5.76 Å². The van der Waals surface area contributed by atoms with Crippen LogP contribution in [0.25, 0.3) is 0 Å². The molecule has 0 aromatic rings. The van der Waals surface area contributed by atoms with Gasteiger partial charge in [-0.25, -0.2) is 0 Å². The van der Waals surface area contributed by atoms with Gasteiger partial charge in [0.15, 0.2) is 0 Å². The Labute approximate surface area is 122 Å². The van der Waals surface area contributed by atoms with E-state index in [1.54, 1.807) is 19.1 Å². The minimum Gasteiger partial charge on any atom is -0.427 e. The van der Waals surface area contributed by atoms with Crippen molar-refractivity contribution in [2.24, 2.45) is 10.8 Å². The van der Waals surface area contributed by atoms with Gasteiger partial charge >= 0.3 is 5.97 Å². The summed E-state index contributed by atoms with van der Waals surface area (Å²) in [7, 11) is 0. The van der Waals surface area contributed by atoms with Crippen LogP contribution < -0.4 is 0 Å². The Hall–Kier alpha value is -1.09. The first-order chi connectivity index (χ1) is 8.90. The summed E-state index contributed by atoms with van der Waals surface area (Å²) >= 11 is 0. The van der Waals surface area contributed by atoms with Gasteiger partial charge in [-0.05, 0) is 28.6 Å². The van der Waals surface area contributed by atoms with Crippen molar-refractivity contribution < 1.29 is 14.6 Å². The molecule has 0 amide bonds. The predicted octanol–water partition coefficient (Wildman–Crippen LogP) is 3.98. The zero-order valence-electron chi connectivity index (χ0n) is 13.8. The van der Waals surface area contributed by atoms with E-state index in [0.717, 1.165) is 5.57 Å². The van der Waals surface area contributed by atoms with Gasteiger partial charge < -0.3 is 9.84 Å². The average Bonchev–Trinajstić information content (AvgIpc) is 2.28. The highest BCUT2D eigenvalue weighted by atomic mass is 16.5. The summed E-state index contributed by atoms with van der Waals surface area (Å²) < 4.78 is 5.43. The molecular weight excluding hydrogens is 252 g/mol. The van der Waals surface area contributed by atoms with Gasteiger partial charge in [0.05, 0.1) is 5.60 Å². The average molecular weight is 280 g/mol. The van der Waals surface area contributed by atoms with E-state index in [1.165, 1.54) is 0 Å². The molecule has 0 bridgehead atoms. The molecule has 0 saturated heterocycles. The molecule has 0 saturated carbocycles. The Morgan fingerprint density at radius 1 is 1.30 bits per heavy atom. The third-order valence-corrected chi connectivity index (χ3v) is 3.97. The van der Waals surface area contributed by atoms with E-state index >= 15 is 0 Å². The van der Waals surface area contributed by atoms with E-state index in [1.807, 2.05) is 20.8 Å². The van der Waals surface area contributed by atoms with E-state index in [0.29, 0.717) is 18.6 Å². The number of allylic oxidation sites excluding steroid dienone is 1. The van der Waals surface area contributed by atoms with E-state index < -0.39 is 5.60 Å². The number of carbonyl (C=O) groups is 1. The summed E-state index contributed by atoms with van der Waals surface area (Å²) in [6, 6.07) is 0. The molecule has 0 fully saturated rings. The summed E-state index contributed by atoms with van der Waals surface area (Å²) in [4.78, 5) is 11.6. The third kappa shape index (κ3) is 3.51. The molecule has 3 heteroatoms. The first-order valence-electron chi connectivity index (χ1n) is 7.26. The number of ether oxygens (including phenoxy) is 1. The molecule has 3 nitrogen and oxygen atoms in total. The Morgan fingerprint density at radius 3 is 2.25 bits per heavy atom. The van der Waals surface area contributed by atoms with Crippen molar-refractivity contribution >= 4 is 5.97 Å². The molecule has 0 aromatic carbocycles. The maximum Gasteiger partial charge on any atom is 0.310 e. The molecule has 1 unspecified atom stereocenters. The van der Waals surface area contributed by atoms with Crippen LogP contribution in [-0.4, -0.2) is 16.7 Å². The normalized spacial score (nSPS) is 24.0. The highest BCUT2D eigenvalue weighted by Gasteiger charge is 2.43. The summed E-state index contributed by atoms with van der Waals surface area (Å²) in [6.45, 7) is 14.0. The Bertz CT molecular complexity index is 444. The molecule has 0 aliphatic heterocycles. The van der Waals surface area contributed by atoms with Crippen molar-refractivity contribution in [1.29, 1.82) is 0 Å². The maximum atomic E-state index is 11.6. The number of esters is 1. The number of carbonyl (C=O) groups excluding carboxylic acids is 1. The number of hydrogen-bond donors (Lipinski definition) is 1. The summed E-state index contributed by atoms with van der Waals surface area (Å²) in [5.74, 6) is 0.353. The molecule has 0 spiro atoms. The van der Waals surface area contributed by atoms with Crippen molar-refractivity contribution in [3.8, 4) is 0 Å². The molecule has 20 heavy (non-hydrogen) atoms. The molecule has 1 aliphatic rings. The Kier molecular flexibility index (Phi) is 4.55. The Morgan fingerprint density at radius 2 is 1.85 bits per heavy atom. The zero-order valence-corrected chi connectivity index (χ0v) is 13.8. The summed E-state index contributed by atoms with van der Waals surface area (Å²) in [5.41, 5.74) is -0.370. The highest BCUT2D eigenvalue weighted by molar-refractivity contribution is 5.71. The Balaban J connectivity index is 3.21. The highest BCUT2D eigenvalue weighted by Crippen LogP contribution is 2.45. The molecule has 1 aliphatic carbocycles. The lowest BCUT2D eigenvalue weighted by molar-refractivity contribution is -0.139. The fraction of sp³-hybridized carbons (Fsp3) is 0.706.